The Morgan fingerprint density at radius 1 is 0.853 bits per heavy atom. The zero-order valence-corrected chi connectivity index (χ0v) is 19.2. The molecule has 0 fully saturated rings. The Morgan fingerprint density at radius 2 is 1.53 bits per heavy atom. The average molecular weight is 462 g/mol. The van der Waals surface area contributed by atoms with Crippen LogP contribution in [-0.4, -0.2) is 30.9 Å². The number of carbonyl (C=O) groups excluding carboxylic acids is 3. The van der Waals surface area contributed by atoms with Gasteiger partial charge < -0.3 is 19.5 Å². The standard InChI is InChI=1S/C27H27NO6/c1-3-32-24-12-8-7-11-23(24)28-27(31)26(21-9-5-4-6-10-21)34-25(30)17-18-33-22-15-13-20(14-16-22)19(2)29/h4-16,26H,3,17-18H2,1-2H3,(H,28,31). The van der Waals surface area contributed by atoms with E-state index in [0.717, 1.165) is 0 Å². The molecule has 0 saturated heterocycles. The van der Waals surface area contributed by atoms with E-state index < -0.39 is 18.0 Å². The van der Waals surface area contributed by atoms with E-state index in [1.165, 1.54) is 6.92 Å². The number of nitrogens with one attached hydrogen (secondary N) is 1. The number of hydrogen-bond acceptors (Lipinski definition) is 6. The van der Waals surface area contributed by atoms with Gasteiger partial charge in [0, 0.05) is 11.1 Å². The molecule has 3 rings (SSSR count). The molecule has 3 aromatic rings. The van der Waals surface area contributed by atoms with Gasteiger partial charge in [-0.15, -0.1) is 0 Å². The summed E-state index contributed by atoms with van der Waals surface area (Å²) in [5.74, 6) is -0.0532. The van der Waals surface area contributed by atoms with Gasteiger partial charge in [0.2, 0.25) is 6.10 Å². The maximum atomic E-state index is 13.1. The number of hydrogen-bond donors (Lipinski definition) is 1. The third-order valence-corrected chi connectivity index (χ3v) is 4.87. The fraction of sp³-hybridized carbons (Fsp3) is 0.222. The minimum absolute atomic E-state index is 0.0377. The lowest BCUT2D eigenvalue weighted by Gasteiger charge is -2.19. The van der Waals surface area contributed by atoms with Crippen LogP contribution in [0.1, 0.15) is 42.3 Å². The van der Waals surface area contributed by atoms with Gasteiger partial charge in [0.15, 0.2) is 5.78 Å². The van der Waals surface area contributed by atoms with Crippen molar-refractivity contribution in [2.75, 3.05) is 18.5 Å². The number of esters is 1. The molecule has 176 valence electrons. The molecule has 0 heterocycles. The largest absolute Gasteiger partial charge is 0.493 e. The van der Waals surface area contributed by atoms with Crippen LogP contribution in [0.5, 0.6) is 11.5 Å². The molecular formula is C27H27NO6. The predicted octanol–water partition coefficient (Wildman–Crippen LogP) is 4.98. The number of rotatable bonds is 11. The molecule has 1 unspecified atom stereocenters. The molecule has 7 nitrogen and oxygen atoms in total. The van der Waals surface area contributed by atoms with Crippen molar-refractivity contribution in [1.29, 1.82) is 0 Å². The summed E-state index contributed by atoms with van der Waals surface area (Å²) in [5.41, 5.74) is 1.61. The quantitative estimate of drug-likeness (QED) is 0.320. The second-order valence-electron chi connectivity index (χ2n) is 7.38. The average Bonchev–Trinajstić information content (AvgIpc) is 2.84. The summed E-state index contributed by atoms with van der Waals surface area (Å²) in [6.07, 6.45) is -1.20. The van der Waals surface area contributed by atoms with Gasteiger partial charge in [0.25, 0.3) is 5.91 Å². The number of ketones is 1. The number of anilines is 1. The number of benzene rings is 3. The third-order valence-electron chi connectivity index (χ3n) is 4.87. The summed E-state index contributed by atoms with van der Waals surface area (Å²) in [4.78, 5) is 37.0. The van der Waals surface area contributed by atoms with E-state index in [-0.39, 0.29) is 18.8 Å². The number of carbonyl (C=O) groups is 3. The zero-order valence-electron chi connectivity index (χ0n) is 19.2. The summed E-state index contributed by atoms with van der Waals surface area (Å²) in [6.45, 7) is 3.85. The van der Waals surface area contributed by atoms with Crippen LogP contribution in [0.3, 0.4) is 0 Å². The molecule has 0 aromatic heterocycles. The van der Waals surface area contributed by atoms with Crippen LogP contribution in [0.25, 0.3) is 0 Å². The smallest absolute Gasteiger partial charge is 0.310 e. The van der Waals surface area contributed by atoms with Crippen LogP contribution in [0.2, 0.25) is 0 Å². The lowest BCUT2D eigenvalue weighted by Crippen LogP contribution is -2.26. The van der Waals surface area contributed by atoms with Gasteiger partial charge in [-0.25, -0.2) is 0 Å². The highest BCUT2D eigenvalue weighted by Gasteiger charge is 2.26. The van der Waals surface area contributed by atoms with Gasteiger partial charge in [-0.1, -0.05) is 42.5 Å². The Kier molecular flexibility index (Phi) is 8.80. The number of ether oxygens (including phenoxy) is 3. The zero-order chi connectivity index (χ0) is 24.3. The number of Topliss-reactive ketones (excluding diaryl/α,β-unsaturated/α-hetero) is 1. The first kappa shape index (κ1) is 24.5. The van der Waals surface area contributed by atoms with E-state index >= 15 is 0 Å². The first-order chi connectivity index (χ1) is 16.5. The van der Waals surface area contributed by atoms with Crippen LogP contribution in [0.4, 0.5) is 5.69 Å². The van der Waals surface area contributed by atoms with Crippen molar-refractivity contribution < 1.29 is 28.6 Å². The first-order valence-corrected chi connectivity index (χ1v) is 11.0. The molecule has 1 atom stereocenters. The third kappa shape index (κ3) is 6.93. The molecule has 0 aliphatic rings. The summed E-state index contributed by atoms with van der Waals surface area (Å²) < 4.78 is 16.7. The van der Waals surface area contributed by atoms with Gasteiger partial charge >= 0.3 is 5.97 Å². The van der Waals surface area contributed by atoms with Crippen LogP contribution < -0.4 is 14.8 Å². The Balaban J connectivity index is 1.64. The molecule has 0 aliphatic carbocycles. The Labute approximate surface area is 198 Å². The SMILES string of the molecule is CCOc1ccccc1NC(=O)C(OC(=O)CCOc1ccc(C(C)=O)cc1)c1ccccc1. The Morgan fingerprint density at radius 3 is 2.21 bits per heavy atom. The Hall–Kier alpha value is -4.13. The van der Waals surface area contributed by atoms with Gasteiger partial charge in [0.1, 0.15) is 11.5 Å². The van der Waals surface area contributed by atoms with Crippen molar-refractivity contribution >= 4 is 23.3 Å². The van der Waals surface area contributed by atoms with E-state index in [9.17, 15) is 14.4 Å². The fourth-order valence-electron chi connectivity index (χ4n) is 3.18. The molecule has 0 saturated carbocycles. The molecule has 0 aliphatic heterocycles. The lowest BCUT2D eigenvalue weighted by molar-refractivity contribution is -0.155. The molecule has 34 heavy (non-hydrogen) atoms. The maximum absolute atomic E-state index is 13.1. The van der Waals surface area contributed by atoms with Crippen LogP contribution in [0, 0.1) is 0 Å². The summed E-state index contributed by atoms with van der Waals surface area (Å²) in [7, 11) is 0. The molecule has 7 heteroatoms. The molecule has 0 radical (unpaired) electrons. The summed E-state index contributed by atoms with van der Waals surface area (Å²) >= 11 is 0. The summed E-state index contributed by atoms with van der Waals surface area (Å²) in [6, 6.07) is 22.5. The predicted molar refractivity (Wildman–Crippen MR) is 128 cm³/mol. The van der Waals surface area contributed by atoms with Gasteiger partial charge in [-0.3, -0.25) is 14.4 Å². The minimum Gasteiger partial charge on any atom is -0.493 e. The van der Waals surface area contributed by atoms with Crippen LogP contribution >= 0.6 is 0 Å². The molecular weight excluding hydrogens is 434 g/mol. The molecule has 3 aromatic carbocycles. The van der Waals surface area contributed by atoms with E-state index in [1.807, 2.05) is 19.1 Å². The second-order valence-corrected chi connectivity index (χ2v) is 7.38. The lowest BCUT2D eigenvalue weighted by atomic mass is 10.1. The molecule has 0 bridgehead atoms. The summed E-state index contributed by atoms with van der Waals surface area (Å²) in [5, 5.41) is 2.80. The normalized spacial score (nSPS) is 11.2. The van der Waals surface area contributed by atoms with E-state index in [0.29, 0.717) is 34.9 Å². The highest BCUT2D eigenvalue weighted by Crippen LogP contribution is 2.27. The minimum atomic E-state index is -1.14. The van der Waals surface area contributed by atoms with Crippen molar-refractivity contribution in [3.05, 3.63) is 90.0 Å². The van der Waals surface area contributed by atoms with Gasteiger partial charge in [-0.2, -0.15) is 0 Å². The van der Waals surface area contributed by atoms with E-state index in [2.05, 4.69) is 5.32 Å². The molecule has 1 N–H and O–H groups in total. The monoisotopic (exact) mass is 461 g/mol. The highest BCUT2D eigenvalue weighted by molar-refractivity contribution is 5.97. The van der Waals surface area contributed by atoms with E-state index in [1.54, 1.807) is 66.7 Å². The van der Waals surface area contributed by atoms with Crippen LogP contribution in [-0.2, 0) is 14.3 Å². The number of amides is 1. The van der Waals surface area contributed by atoms with Crippen molar-refractivity contribution in [2.45, 2.75) is 26.4 Å². The Bertz CT molecular complexity index is 1110. The van der Waals surface area contributed by atoms with Gasteiger partial charge in [0.05, 0.1) is 25.3 Å². The fourth-order valence-corrected chi connectivity index (χ4v) is 3.18. The highest BCUT2D eigenvalue weighted by atomic mass is 16.6. The molecule has 1 amide bonds. The topological polar surface area (TPSA) is 90.9 Å². The maximum Gasteiger partial charge on any atom is 0.310 e. The van der Waals surface area contributed by atoms with E-state index in [4.69, 9.17) is 14.2 Å². The molecule has 0 spiro atoms. The van der Waals surface area contributed by atoms with Crippen molar-refractivity contribution in [2.24, 2.45) is 0 Å². The van der Waals surface area contributed by atoms with Crippen molar-refractivity contribution in [3.63, 3.8) is 0 Å². The van der Waals surface area contributed by atoms with Crippen molar-refractivity contribution in [1.82, 2.24) is 0 Å². The van der Waals surface area contributed by atoms with Gasteiger partial charge in [-0.05, 0) is 50.2 Å². The first-order valence-electron chi connectivity index (χ1n) is 11.0. The van der Waals surface area contributed by atoms with Crippen molar-refractivity contribution in [3.8, 4) is 11.5 Å². The number of para-hydroxylation sites is 2. The van der Waals surface area contributed by atoms with Crippen LogP contribution in [0.15, 0.2) is 78.9 Å². The second kappa shape index (κ2) is 12.2.